The van der Waals surface area contributed by atoms with Gasteiger partial charge in [-0.15, -0.1) is 0 Å². The number of hydrogen-bond acceptors (Lipinski definition) is 6. The van der Waals surface area contributed by atoms with Crippen LogP contribution in [0.25, 0.3) is 0 Å². The number of carbonyl (C=O) groups excluding carboxylic acids is 1. The summed E-state index contributed by atoms with van der Waals surface area (Å²) in [5.74, 6) is -1.16. The highest BCUT2D eigenvalue weighted by Crippen LogP contribution is 2.13. The van der Waals surface area contributed by atoms with E-state index in [-0.39, 0.29) is 5.13 Å². The van der Waals surface area contributed by atoms with Crippen molar-refractivity contribution in [2.45, 2.75) is 6.04 Å². The first kappa shape index (κ1) is 12.9. The molecular weight excluding hydrogens is 270 g/mol. The van der Waals surface area contributed by atoms with Crippen molar-refractivity contribution < 1.29 is 14.7 Å². The molecule has 0 aliphatic heterocycles. The Balaban J connectivity index is 2.05. The first-order valence-corrected chi connectivity index (χ1v) is 5.94. The normalized spacial score (nSPS) is 11.6. The van der Waals surface area contributed by atoms with E-state index in [9.17, 15) is 9.59 Å². The Morgan fingerprint density at radius 2 is 2.00 bits per heavy atom. The molecule has 1 aromatic heterocycles. The number of carboxylic acids is 1. The molecule has 2 aromatic rings. The average Bonchev–Trinajstić information content (AvgIpc) is 2.89. The van der Waals surface area contributed by atoms with Crippen molar-refractivity contribution in [1.29, 1.82) is 0 Å². The lowest BCUT2D eigenvalue weighted by Crippen LogP contribution is -2.36. The van der Waals surface area contributed by atoms with Crippen LogP contribution in [-0.4, -0.2) is 31.9 Å². The minimum Gasteiger partial charge on any atom is -0.479 e. The maximum absolute atomic E-state index is 11.6. The van der Waals surface area contributed by atoms with Crippen LogP contribution >= 0.6 is 11.5 Å². The number of aromatic nitrogens is 3. The largest absolute Gasteiger partial charge is 0.479 e. The molecule has 2 rings (SSSR count). The second-order valence-corrected chi connectivity index (χ2v) is 4.18. The van der Waals surface area contributed by atoms with Crippen LogP contribution in [0, 0.1) is 0 Å². The van der Waals surface area contributed by atoms with Crippen molar-refractivity contribution in [1.82, 2.24) is 20.1 Å². The lowest BCUT2D eigenvalue weighted by atomic mass is 10.1. The van der Waals surface area contributed by atoms with Crippen LogP contribution in [-0.2, 0) is 4.79 Å². The number of urea groups is 1. The molecule has 8 nitrogen and oxygen atoms in total. The number of carboxylic acid groups (broad SMARTS) is 1. The number of rotatable bonds is 4. The van der Waals surface area contributed by atoms with Gasteiger partial charge in [-0.05, 0) is 10.8 Å². The highest BCUT2D eigenvalue weighted by Gasteiger charge is 2.22. The predicted octanol–water partition coefficient (Wildman–Crippen LogP) is 0.880. The Morgan fingerprint density at radius 3 is 2.58 bits per heavy atom. The zero-order valence-electron chi connectivity index (χ0n) is 9.48. The maximum atomic E-state index is 11.6. The lowest BCUT2D eigenvalue weighted by Gasteiger charge is -2.14. The molecule has 0 unspecified atom stereocenters. The van der Waals surface area contributed by atoms with E-state index < -0.39 is 18.0 Å². The third-order valence-electron chi connectivity index (χ3n) is 2.18. The summed E-state index contributed by atoms with van der Waals surface area (Å²) >= 11 is 0.891. The second-order valence-electron chi connectivity index (χ2n) is 3.45. The second kappa shape index (κ2) is 5.87. The monoisotopic (exact) mass is 279 g/mol. The van der Waals surface area contributed by atoms with E-state index in [1.165, 1.54) is 0 Å². The molecule has 0 saturated carbocycles. The topological polar surface area (TPSA) is 117 Å². The minimum absolute atomic E-state index is 0.190. The fourth-order valence-electron chi connectivity index (χ4n) is 1.38. The van der Waals surface area contributed by atoms with Gasteiger partial charge in [0.25, 0.3) is 0 Å². The van der Waals surface area contributed by atoms with Crippen LogP contribution in [0.1, 0.15) is 11.6 Å². The zero-order valence-corrected chi connectivity index (χ0v) is 10.3. The van der Waals surface area contributed by atoms with Gasteiger partial charge in [0.15, 0.2) is 6.04 Å². The standard InChI is InChI=1S/C10H9N5O3S/c16-8(17)7(6-4-2-1-3-5-6)11-9(18)12-10-13-14-15-19-10/h1-5,7H,(H,16,17)(H2,11,12,13,15,18)/t7-/m1/s1. The van der Waals surface area contributed by atoms with Crippen molar-refractivity contribution in [3.05, 3.63) is 35.9 Å². The number of amides is 2. The molecule has 1 aromatic carbocycles. The Labute approximate surface area is 111 Å². The van der Waals surface area contributed by atoms with Gasteiger partial charge < -0.3 is 10.4 Å². The summed E-state index contributed by atoms with van der Waals surface area (Å²) in [6.07, 6.45) is 0. The van der Waals surface area contributed by atoms with Crippen molar-refractivity contribution >= 4 is 28.7 Å². The van der Waals surface area contributed by atoms with Gasteiger partial charge in [-0.3, -0.25) is 5.32 Å². The van der Waals surface area contributed by atoms with Crippen LogP contribution in [0.15, 0.2) is 30.3 Å². The summed E-state index contributed by atoms with van der Waals surface area (Å²) < 4.78 is 3.47. The van der Waals surface area contributed by atoms with E-state index in [1.54, 1.807) is 30.3 Å². The van der Waals surface area contributed by atoms with Crippen molar-refractivity contribution in [3.8, 4) is 0 Å². The van der Waals surface area contributed by atoms with Gasteiger partial charge in [-0.1, -0.05) is 39.9 Å². The lowest BCUT2D eigenvalue weighted by molar-refractivity contribution is -0.139. The summed E-state index contributed by atoms with van der Waals surface area (Å²) in [5.41, 5.74) is 0.473. The summed E-state index contributed by atoms with van der Waals surface area (Å²) in [4.78, 5) is 22.8. The third-order valence-corrected chi connectivity index (χ3v) is 2.69. The molecule has 0 aliphatic carbocycles. The highest BCUT2D eigenvalue weighted by molar-refractivity contribution is 7.09. The average molecular weight is 279 g/mol. The first-order chi connectivity index (χ1) is 9.16. The van der Waals surface area contributed by atoms with Crippen LogP contribution in [0.4, 0.5) is 9.93 Å². The Morgan fingerprint density at radius 1 is 1.26 bits per heavy atom. The number of nitrogens with one attached hydrogen (secondary N) is 2. The molecule has 19 heavy (non-hydrogen) atoms. The number of aliphatic carboxylic acids is 1. The third kappa shape index (κ3) is 3.45. The maximum Gasteiger partial charge on any atom is 0.330 e. The van der Waals surface area contributed by atoms with Crippen molar-refractivity contribution in [2.75, 3.05) is 5.32 Å². The van der Waals surface area contributed by atoms with Gasteiger partial charge in [0, 0.05) is 11.5 Å². The molecule has 0 saturated heterocycles. The van der Waals surface area contributed by atoms with Gasteiger partial charge in [0.05, 0.1) is 0 Å². The smallest absolute Gasteiger partial charge is 0.330 e. The van der Waals surface area contributed by atoms with E-state index in [1.807, 2.05) is 0 Å². The molecule has 1 heterocycles. The van der Waals surface area contributed by atoms with Crippen LogP contribution in [0.5, 0.6) is 0 Å². The molecule has 98 valence electrons. The van der Waals surface area contributed by atoms with Crippen LogP contribution in [0.2, 0.25) is 0 Å². The zero-order chi connectivity index (χ0) is 13.7. The van der Waals surface area contributed by atoms with E-state index in [0.29, 0.717) is 5.56 Å². The van der Waals surface area contributed by atoms with Gasteiger partial charge in [0.2, 0.25) is 5.13 Å². The van der Waals surface area contributed by atoms with E-state index in [0.717, 1.165) is 11.5 Å². The summed E-state index contributed by atoms with van der Waals surface area (Å²) in [6, 6.07) is 6.56. The Kier molecular flexibility index (Phi) is 3.98. The van der Waals surface area contributed by atoms with Crippen LogP contribution < -0.4 is 10.6 Å². The van der Waals surface area contributed by atoms with Gasteiger partial charge in [0.1, 0.15) is 0 Å². The van der Waals surface area contributed by atoms with E-state index in [2.05, 4.69) is 25.4 Å². The van der Waals surface area contributed by atoms with E-state index >= 15 is 0 Å². The molecule has 9 heteroatoms. The van der Waals surface area contributed by atoms with Gasteiger partial charge >= 0.3 is 12.0 Å². The van der Waals surface area contributed by atoms with Gasteiger partial charge in [-0.2, -0.15) is 0 Å². The summed E-state index contributed by atoms with van der Waals surface area (Å²) in [7, 11) is 0. The van der Waals surface area contributed by atoms with Crippen LogP contribution in [0.3, 0.4) is 0 Å². The predicted molar refractivity (Wildman–Crippen MR) is 66.7 cm³/mol. The number of anilines is 1. The highest BCUT2D eigenvalue weighted by atomic mass is 32.1. The number of benzene rings is 1. The molecule has 2 amide bonds. The molecule has 1 atom stereocenters. The van der Waals surface area contributed by atoms with Crippen molar-refractivity contribution in [2.24, 2.45) is 0 Å². The fraction of sp³-hybridized carbons (Fsp3) is 0.100. The molecule has 0 fully saturated rings. The Hall–Kier alpha value is -2.55. The molecule has 0 spiro atoms. The SMILES string of the molecule is O=C(Nc1nnns1)N[C@@H](C(=O)O)c1ccccc1. The van der Waals surface area contributed by atoms with Gasteiger partial charge in [-0.25, -0.2) is 9.59 Å². The molecule has 0 radical (unpaired) electrons. The Bertz CT molecular complexity index is 560. The van der Waals surface area contributed by atoms with Crippen molar-refractivity contribution in [3.63, 3.8) is 0 Å². The summed E-state index contributed by atoms with van der Waals surface area (Å²) in [5, 5.41) is 20.8. The minimum atomic E-state index is -1.16. The molecule has 0 bridgehead atoms. The van der Waals surface area contributed by atoms with E-state index in [4.69, 9.17) is 5.11 Å². The number of carbonyl (C=O) groups is 2. The number of nitrogens with zero attached hydrogens (tertiary/aromatic N) is 3. The molecule has 0 aliphatic rings. The summed E-state index contributed by atoms with van der Waals surface area (Å²) in [6.45, 7) is 0. The first-order valence-electron chi connectivity index (χ1n) is 5.17. The molecule has 3 N–H and O–H groups in total. The number of hydrogen-bond donors (Lipinski definition) is 3. The molecular formula is C10H9N5O3S. The quantitative estimate of drug-likeness (QED) is 0.764. The fourth-order valence-corrected chi connectivity index (χ4v) is 1.74.